The number of hydrogen-bond donors (Lipinski definition) is 2. The topological polar surface area (TPSA) is 61.8 Å². The number of hydrogen-bond acceptors (Lipinski definition) is 4. The van der Waals surface area contributed by atoms with Crippen LogP contribution in [0.25, 0.3) is 0 Å². The van der Waals surface area contributed by atoms with Crippen molar-refractivity contribution in [3.05, 3.63) is 29.3 Å². The van der Waals surface area contributed by atoms with Gasteiger partial charge in [-0.2, -0.15) is 0 Å². The fourth-order valence-corrected chi connectivity index (χ4v) is 3.97. The van der Waals surface area contributed by atoms with Crippen LogP contribution in [0.2, 0.25) is 0 Å². The molecule has 1 aromatic carbocycles. The lowest BCUT2D eigenvalue weighted by Crippen LogP contribution is -2.42. The zero-order chi connectivity index (χ0) is 18.0. The number of aliphatic hydroxyl groups is 1. The van der Waals surface area contributed by atoms with Gasteiger partial charge in [-0.25, -0.2) is 0 Å². The molecule has 0 spiro atoms. The molecule has 3 rings (SSSR count). The summed E-state index contributed by atoms with van der Waals surface area (Å²) in [6.45, 7) is 6.63. The summed E-state index contributed by atoms with van der Waals surface area (Å²) >= 11 is 0. The van der Waals surface area contributed by atoms with E-state index in [4.69, 9.17) is 9.84 Å². The van der Waals surface area contributed by atoms with Crippen molar-refractivity contribution >= 4 is 5.91 Å². The maximum absolute atomic E-state index is 11.6. The third kappa shape index (κ3) is 4.33. The number of rotatable bonds is 7. The van der Waals surface area contributed by atoms with E-state index in [1.54, 1.807) is 7.11 Å². The average molecular weight is 346 g/mol. The van der Waals surface area contributed by atoms with E-state index in [0.29, 0.717) is 11.8 Å². The van der Waals surface area contributed by atoms with E-state index >= 15 is 0 Å². The van der Waals surface area contributed by atoms with Gasteiger partial charge in [-0.05, 0) is 42.2 Å². The predicted molar refractivity (Wildman–Crippen MR) is 97.6 cm³/mol. The number of aliphatic hydroxyl groups excluding tert-OH is 1. The van der Waals surface area contributed by atoms with Gasteiger partial charge in [-0.1, -0.05) is 26.0 Å². The van der Waals surface area contributed by atoms with E-state index in [2.05, 4.69) is 42.3 Å². The molecule has 25 heavy (non-hydrogen) atoms. The lowest BCUT2D eigenvalue weighted by Gasteiger charge is -2.19. The molecule has 2 N–H and O–H groups in total. The van der Waals surface area contributed by atoms with E-state index in [1.807, 2.05) is 0 Å². The van der Waals surface area contributed by atoms with Gasteiger partial charge >= 0.3 is 0 Å². The van der Waals surface area contributed by atoms with Crippen molar-refractivity contribution in [2.75, 3.05) is 26.8 Å². The van der Waals surface area contributed by atoms with Crippen molar-refractivity contribution < 1.29 is 14.6 Å². The number of amides is 1. The maximum Gasteiger partial charge on any atom is 0.245 e. The first kappa shape index (κ1) is 18.2. The zero-order valence-corrected chi connectivity index (χ0v) is 15.5. The Bertz CT molecular complexity index is 613. The second-order valence-corrected chi connectivity index (χ2v) is 7.75. The minimum absolute atomic E-state index is 0.145. The highest BCUT2D eigenvalue weighted by Crippen LogP contribution is 2.42. The number of likely N-dealkylation sites (tertiary alicyclic amines) is 1. The van der Waals surface area contributed by atoms with E-state index in [1.165, 1.54) is 24.0 Å². The van der Waals surface area contributed by atoms with Crippen LogP contribution < -0.4 is 10.1 Å². The Kier molecular flexibility index (Phi) is 5.64. The molecule has 1 aromatic rings. The fraction of sp³-hybridized carbons (Fsp3) is 0.650. The van der Waals surface area contributed by atoms with Crippen LogP contribution in [0.1, 0.15) is 43.7 Å². The molecule has 2 atom stereocenters. The van der Waals surface area contributed by atoms with E-state index in [0.717, 1.165) is 31.3 Å². The van der Waals surface area contributed by atoms with Gasteiger partial charge in [0.1, 0.15) is 12.4 Å². The van der Waals surface area contributed by atoms with Crippen LogP contribution in [0.15, 0.2) is 18.2 Å². The second-order valence-electron chi connectivity index (χ2n) is 7.75. The molecule has 0 aromatic heterocycles. The summed E-state index contributed by atoms with van der Waals surface area (Å²) in [6.07, 6.45) is 2.52. The molecule has 1 aliphatic carbocycles. The Hall–Kier alpha value is -1.59. The lowest BCUT2D eigenvalue weighted by molar-refractivity contribution is -0.124. The number of ether oxygens (including phenoxy) is 1. The minimum Gasteiger partial charge on any atom is -0.496 e. The Morgan fingerprint density at radius 3 is 2.72 bits per heavy atom. The number of benzene rings is 1. The highest BCUT2D eigenvalue weighted by molar-refractivity contribution is 5.77. The fourth-order valence-electron chi connectivity index (χ4n) is 3.97. The van der Waals surface area contributed by atoms with Crippen LogP contribution in [0.4, 0.5) is 0 Å². The largest absolute Gasteiger partial charge is 0.496 e. The molecule has 0 bridgehead atoms. The molecular weight excluding hydrogens is 316 g/mol. The number of methoxy groups -OCH3 is 1. The van der Waals surface area contributed by atoms with E-state index in [-0.39, 0.29) is 11.9 Å². The maximum atomic E-state index is 11.6. The quantitative estimate of drug-likeness (QED) is 0.794. The third-order valence-electron chi connectivity index (χ3n) is 5.52. The highest BCUT2D eigenvalue weighted by atomic mass is 16.5. The Labute approximate surface area is 150 Å². The van der Waals surface area contributed by atoms with Gasteiger partial charge in [0.05, 0.1) is 7.11 Å². The van der Waals surface area contributed by atoms with Gasteiger partial charge in [-0.3, -0.25) is 9.69 Å². The number of nitrogens with zero attached hydrogens (tertiary/aromatic N) is 1. The first-order chi connectivity index (χ1) is 12.0. The molecule has 2 aliphatic rings. The van der Waals surface area contributed by atoms with Crippen LogP contribution in [0, 0.1) is 11.8 Å². The Balaban J connectivity index is 1.72. The normalized spacial score (nSPS) is 23.9. The summed E-state index contributed by atoms with van der Waals surface area (Å²) in [5.74, 6) is 2.36. The number of carbonyl (C=O) groups is 1. The molecule has 2 fully saturated rings. The monoisotopic (exact) mass is 346 g/mol. The number of carbonyl (C=O) groups excluding carboxylic acids is 1. The van der Waals surface area contributed by atoms with Gasteiger partial charge in [0.25, 0.3) is 0 Å². The van der Waals surface area contributed by atoms with Crippen molar-refractivity contribution in [2.24, 2.45) is 11.8 Å². The van der Waals surface area contributed by atoms with E-state index in [9.17, 15) is 4.79 Å². The summed E-state index contributed by atoms with van der Waals surface area (Å²) in [7, 11) is 1.72. The third-order valence-corrected chi connectivity index (χ3v) is 5.52. The zero-order valence-electron chi connectivity index (χ0n) is 15.5. The molecule has 1 saturated carbocycles. The molecule has 1 heterocycles. The van der Waals surface area contributed by atoms with Crippen molar-refractivity contribution in [1.82, 2.24) is 10.2 Å². The van der Waals surface area contributed by atoms with Gasteiger partial charge < -0.3 is 15.2 Å². The predicted octanol–water partition coefficient (Wildman–Crippen LogP) is 2.14. The molecule has 5 nitrogen and oxygen atoms in total. The van der Waals surface area contributed by atoms with Gasteiger partial charge in [0.15, 0.2) is 0 Å². The first-order valence-electron chi connectivity index (χ1n) is 9.31. The lowest BCUT2D eigenvalue weighted by atomic mass is 9.98. The first-order valence-corrected chi connectivity index (χ1v) is 9.31. The van der Waals surface area contributed by atoms with Crippen LogP contribution in [-0.4, -0.2) is 48.8 Å². The van der Waals surface area contributed by atoms with Crippen LogP contribution in [0.3, 0.4) is 0 Å². The molecule has 5 heteroatoms. The Morgan fingerprint density at radius 1 is 1.36 bits per heavy atom. The van der Waals surface area contributed by atoms with Gasteiger partial charge in [-0.15, -0.1) is 0 Å². The SMILES string of the molecule is COc1ccc(C(C)C)cc1CN1C[C@H](NC(=O)CO)[C@@H](C2CC2)C1. The van der Waals surface area contributed by atoms with Gasteiger partial charge in [0, 0.05) is 31.2 Å². The van der Waals surface area contributed by atoms with E-state index < -0.39 is 6.61 Å². The van der Waals surface area contributed by atoms with Crippen molar-refractivity contribution in [3.8, 4) is 5.75 Å². The van der Waals surface area contributed by atoms with Crippen LogP contribution >= 0.6 is 0 Å². The molecule has 1 amide bonds. The van der Waals surface area contributed by atoms with Gasteiger partial charge in [0.2, 0.25) is 5.91 Å². The van der Waals surface area contributed by atoms with Crippen LogP contribution in [0.5, 0.6) is 5.75 Å². The number of nitrogens with one attached hydrogen (secondary N) is 1. The molecule has 138 valence electrons. The standard InChI is InChI=1S/C20H30N2O3/c1-13(2)15-6-7-19(25-3)16(8-15)9-22-10-17(14-4-5-14)18(11-22)21-20(24)12-23/h6-8,13-14,17-18,23H,4-5,9-12H2,1-3H3,(H,21,24)/t17-,18+/m1/s1. The molecular formula is C20H30N2O3. The summed E-state index contributed by atoms with van der Waals surface area (Å²) in [4.78, 5) is 14.1. The highest BCUT2D eigenvalue weighted by Gasteiger charge is 2.42. The van der Waals surface area contributed by atoms with Crippen molar-refractivity contribution in [3.63, 3.8) is 0 Å². The summed E-state index contributed by atoms with van der Waals surface area (Å²) in [5.41, 5.74) is 2.52. The second kappa shape index (κ2) is 7.75. The van der Waals surface area contributed by atoms with Crippen molar-refractivity contribution in [1.29, 1.82) is 0 Å². The average Bonchev–Trinajstić information content (AvgIpc) is 3.37. The van der Waals surface area contributed by atoms with Crippen LogP contribution in [-0.2, 0) is 11.3 Å². The molecule has 0 radical (unpaired) electrons. The smallest absolute Gasteiger partial charge is 0.245 e. The molecule has 1 saturated heterocycles. The summed E-state index contributed by atoms with van der Waals surface area (Å²) in [5, 5.41) is 12.1. The Morgan fingerprint density at radius 2 is 2.12 bits per heavy atom. The molecule has 1 aliphatic heterocycles. The van der Waals surface area contributed by atoms with Crippen molar-refractivity contribution in [2.45, 2.75) is 45.2 Å². The summed E-state index contributed by atoms with van der Waals surface area (Å²) < 4.78 is 5.56. The summed E-state index contributed by atoms with van der Waals surface area (Å²) in [6, 6.07) is 6.58. The minimum atomic E-state index is -0.432. The molecule has 0 unspecified atom stereocenters.